The van der Waals surface area contributed by atoms with Crippen LogP contribution in [0.1, 0.15) is 12.8 Å². The third kappa shape index (κ3) is 3.78. The van der Waals surface area contributed by atoms with E-state index in [-0.39, 0.29) is 6.04 Å². The van der Waals surface area contributed by atoms with Crippen LogP contribution in [0.5, 0.6) is 0 Å². The molecule has 0 aliphatic carbocycles. The Morgan fingerprint density at radius 2 is 2.40 bits per heavy atom. The molecule has 2 unspecified atom stereocenters. The number of nitrogens with zero attached hydrogens (tertiary/aromatic N) is 3. The lowest BCUT2D eigenvalue weighted by Gasteiger charge is -2.36. The largest absolute Gasteiger partial charge is 0.305 e. The first-order valence-electron chi connectivity index (χ1n) is 5.63. The number of rotatable bonds is 4. The van der Waals surface area contributed by atoms with Crippen molar-refractivity contribution in [2.45, 2.75) is 24.9 Å². The molecule has 15 heavy (non-hydrogen) atoms. The van der Waals surface area contributed by atoms with E-state index >= 15 is 0 Å². The summed E-state index contributed by atoms with van der Waals surface area (Å²) < 4.78 is 0. The number of hydrogen-bond donors (Lipinski definition) is 1. The molecule has 0 radical (unpaired) electrons. The van der Waals surface area contributed by atoms with Crippen LogP contribution in [-0.2, 0) is 0 Å². The van der Waals surface area contributed by atoms with Gasteiger partial charge in [-0.25, -0.2) is 0 Å². The van der Waals surface area contributed by atoms with Crippen molar-refractivity contribution in [1.29, 1.82) is 5.26 Å². The molecular weight excluding hydrogens is 188 g/mol. The number of nitrogens with one attached hydrogen (secondary N) is 1. The average molecular weight is 210 g/mol. The zero-order valence-electron chi connectivity index (χ0n) is 10.0. The topological polar surface area (TPSA) is 42.3 Å². The van der Waals surface area contributed by atoms with E-state index in [0.29, 0.717) is 6.04 Å². The predicted octanol–water partition coefficient (Wildman–Crippen LogP) is 0.124. The Kier molecular flexibility index (Phi) is 5.03. The van der Waals surface area contributed by atoms with Crippen LogP contribution in [-0.4, -0.2) is 62.7 Å². The number of nitriles is 1. The van der Waals surface area contributed by atoms with E-state index in [4.69, 9.17) is 5.26 Å². The fourth-order valence-electron chi connectivity index (χ4n) is 2.13. The van der Waals surface area contributed by atoms with Crippen molar-refractivity contribution in [3.8, 4) is 6.07 Å². The minimum Gasteiger partial charge on any atom is -0.305 e. The third-order valence-corrected chi connectivity index (χ3v) is 3.20. The normalized spacial score (nSPS) is 25.1. The summed E-state index contributed by atoms with van der Waals surface area (Å²) in [7, 11) is 6.13. The Bertz CT molecular complexity index is 223. The van der Waals surface area contributed by atoms with Gasteiger partial charge in [-0.05, 0) is 40.5 Å². The molecule has 4 nitrogen and oxygen atoms in total. The molecule has 1 saturated heterocycles. The molecule has 0 amide bonds. The van der Waals surface area contributed by atoms with Crippen LogP contribution in [0.3, 0.4) is 0 Å². The maximum atomic E-state index is 8.88. The quantitative estimate of drug-likeness (QED) is 0.716. The van der Waals surface area contributed by atoms with Gasteiger partial charge < -0.3 is 10.2 Å². The molecule has 0 bridgehead atoms. The van der Waals surface area contributed by atoms with E-state index < -0.39 is 0 Å². The number of hydrogen-bond acceptors (Lipinski definition) is 4. The highest BCUT2D eigenvalue weighted by Gasteiger charge is 2.22. The minimum atomic E-state index is -0.0535. The smallest absolute Gasteiger partial charge is 0.108 e. The molecule has 0 saturated carbocycles. The van der Waals surface area contributed by atoms with Gasteiger partial charge >= 0.3 is 0 Å². The van der Waals surface area contributed by atoms with Gasteiger partial charge in [0.1, 0.15) is 6.04 Å². The maximum Gasteiger partial charge on any atom is 0.108 e. The maximum absolute atomic E-state index is 8.88. The highest BCUT2D eigenvalue weighted by atomic mass is 15.2. The van der Waals surface area contributed by atoms with Crippen molar-refractivity contribution in [2.75, 3.05) is 40.8 Å². The van der Waals surface area contributed by atoms with Crippen molar-refractivity contribution in [1.82, 2.24) is 15.1 Å². The minimum absolute atomic E-state index is 0.0535. The van der Waals surface area contributed by atoms with Gasteiger partial charge in [-0.15, -0.1) is 0 Å². The molecule has 0 aromatic carbocycles. The van der Waals surface area contributed by atoms with Gasteiger partial charge in [0.05, 0.1) is 6.07 Å². The first-order chi connectivity index (χ1) is 7.17. The van der Waals surface area contributed by atoms with Crippen LogP contribution in [0.15, 0.2) is 0 Å². The monoisotopic (exact) mass is 210 g/mol. The highest BCUT2D eigenvalue weighted by molar-refractivity contribution is 4.92. The lowest BCUT2D eigenvalue weighted by molar-refractivity contribution is 0.131. The number of likely N-dealkylation sites (N-methyl/N-ethyl adjacent to an activating group) is 3. The van der Waals surface area contributed by atoms with Gasteiger partial charge in [0, 0.05) is 19.1 Å². The van der Waals surface area contributed by atoms with E-state index in [1.807, 2.05) is 7.05 Å². The summed E-state index contributed by atoms with van der Waals surface area (Å²) in [6.45, 7) is 3.14. The van der Waals surface area contributed by atoms with Crippen LogP contribution >= 0.6 is 0 Å². The van der Waals surface area contributed by atoms with Crippen LogP contribution in [0, 0.1) is 11.3 Å². The van der Waals surface area contributed by atoms with Gasteiger partial charge in [-0.1, -0.05) is 0 Å². The molecule has 1 rings (SSSR count). The van der Waals surface area contributed by atoms with Gasteiger partial charge in [0.2, 0.25) is 0 Å². The molecule has 1 N–H and O–H groups in total. The van der Waals surface area contributed by atoms with Gasteiger partial charge in [-0.2, -0.15) is 5.26 Å². The van der Waals surface area contributed by atoms with Gasteiger partial charge in [0.15, 0.2) is 0 Å². The molecule has 0 spiro atoms. The van der Waals surface area contributed by atoms with Crippen molar-refractivity contribution in [2.24, 2.45) is 0 Å². The summed E-state index contributed by atoms with van der Waals surface area (Å²) in [6.07, 6.45) is 2.52. The molecule has 0 aromatic rings. The summed E-state index contributed by atoms with van der Waals surface area (Å²) >= 11 is 0. The van der Waals surface area contributed by atoms with Crippen LogP contribution in [0.25, 0.3) is 0 Å². The Morgan fingerprint density at radius 3 is 2.93 bits per heavy atom. The van der Waals surface area contributed by atoms with Crippen molar-refractivity contribution < 1.29 is 0 Å². The van der Waals surface area contributed by atoms with E-state index in [9.17, 15) is 0 Å². The predicted molar refractivity (Wildman–Crippen MR) is 61.6 cm³/mol. The van der Waals surface area contributed by atoms with Crippen LogP contribution in [0.2, 0.25) is 0 Å². The standard InChI is InChI=1S/C11H22N4/c1-13-10(7-12)8-15(3)11-5-4-6-14(2)9-11/h10-11,13H,4-6,8-9H2,1-3H3. The highest BCUT2D eigenvalue weighted by Crippen LogP contribution is 2.13. The lowest BCUT2D eigenvalue weighted by Crippen LogP contribution is -2.48. The van der Waals surface area contributed by atoms with Crippen molar-refractivity contribution in [3.63, 3.8) is 0 Å². The Hall–Kier alpha value is -0.630. The second-order valence-corrected chi connectivity index (χ2v) is 4.47. The van der Waals surface area contributed by atoms with Gasteiger partial charge in [-0.3, -0.25) is 4.90 Å². The molecule has 1 aliphatic rings. The molecule has 86 valence electrons. The van der Waals surface area contributed by atoms with Crippen molar-refractivity contribution in [3.05, 3.63) is 0 Å². The van der Waals surface area contributed by atoms with E-state index in [1.165, 1.54) is 19.4 Å². The molecule has 2 atom stereocenters. The summed E-state index contributed by atoms with van der Waals surface area (Å²) in [5.41, 5.74) is 0. The van der Waals surface area contributed by atoms with E-state index in [0.717, 1.165) is 13.1 Å². The Morgan fingerprint density at radius 1 is 1.67 bits per heavy atom. The van der Waals surface area contributed by atoms with Crippen molar-refractivity contribution >= 4 is 0 Å². The van der Waals surface area contributed by atoms with Crippen LogP contribution in [0.4, 0.5) is 0 Å². The molecular formula is C11H22N4. The van der Waals surface area contributed by atoms with E-state index in [1.54, 1.807) is 0 Å². The van der Waals surface area contributed by atoms with E-state index in [2.05, 4.69) is 35.3 Å². The molecule has 1 fully saturated rings. The third-order valence-electron chi connectivity index (χ3n) is 3.20. The zero-order chi connectivity index (χ0) is 11.3. The average Bonchev–Trinajstić information content (AvgIpc) is 2.25. The fraction of sp³-hybridized carbons (Fsp3) is 0.909. The Labute approximate surface area is 92.8 Å². The lowest BCUT2D eigenvalue weighted by atomic mass is 10.0. The second kappa shape index (κ2) is 6.06. The Balaban J connectivity index is 2.38. The fourth-order valence-corrected chi connectivity index (χ4v) is 2.13. The molecule has 0 aromatic heterocycles. The number of likely N-dealkylation sites (tertiary alicyclic amines) is 1. The summed E-state index contributed by atoms with van der Waals surface area (Å²) in [5.74, 6) is 0. The first kappa shape index (κ1) is 12.4. The summed E-state index contributed by atoms with van der Waals surface area (Å²) in [6, 6.07) is 2.82. The zero-order valence-corrected chi connectivity index (χ0v) is 10.0. The molecule has 1 heterocycles. The number of piperidine rings is 1. The summed E-state index contributed by atoms with van der Waals surface area (Å²) in [4.78, 5) is 4.67. The molecule has 1 aliphatic heterocycles. The first-order valence-corrected chi connectivity index (χ1v) is 5.63. The SMILES string of the molecule is CNC(C#N)CN(C)C1CCCN(C)C1. The van der Waals surface area contributed by atoms with Crippen LogP contribution < -0.4 is 5.32 Å². The van der Waals surface area contributed by atoms with Gasteiger partial charge in [0.25, 0.3) is 0 Å². The molecule has 4 heteroatoms. The second-order valence-electron chi connectivity index (χ2n) is 4.47. The summed E-state index contributed by atoms with van der Waals surface area (Å²) in [5, 5.41) is 11.9.